The molecule has 3 heterocycles. The highest BCUT2D eigenvalue weighted by Crippen LogP contribution is 2.39. The number of ether oxygens (including phenoxy) is 1. The van der Waals surface area contributed by atoms with Gasteiger partial charge < -0.3 is 4.74 Å². The van der Waals surface area contributed by atoms with Crippen molar-refractivity contribution in [3.8, 4) is 17.1 Å². The predicted octanol–water partition coefficient (Wildman–Crippen LogP) is 3.57. The molecular weight excluding hydrogens is 386 g/mol. The van der Waals surface area contributed by atoms with Gasteiger partial charge in [-0.05, 0) is 34.4 Å². The fraction of sp³-hybridized carbons (Fsp3) is 0.143. The third kappa shape index (κ3) is 3.38. The van der Waals surface area contributed by atoms with Crippen LogP contribution in [0.4, 0.5) is 5.69 Å². The largest absolute Gasteiger partial charge is 0.489 e. The summed E-state index contributed by atoms with van der Waals surface area (Å²) in [6, 6.07) is 19.2. The lowest BCUT2D eigenvalue weighted by molar-refractivity contribution is -0.120. The van der Waals surface area contributed by atoms with Crippen molar-refractivity contribution in [2.75, 3.05) is 11.5 Å². The second-order valence-corrected chi connectivity index (χ2v) is 7.40. The SMILES string of the molecule is O=C(Cn1nnc(-c2ccsc2)n1)N1c2ccccc2OCC1c1ccccc1. The predicted molar refractivity (Wildman–Crippen MR) is 110 cm³/mol. The van der Waals surface area contributed by atoms with Crippen molar-refractivity contribution in [1.82, 2.24) is 20.2 Å². The minimum absolute atomic E-state index is 0.00515. The average molecular weight is 403 g/mol. The van der Waals surface area contributed by atoms with Crippen LogP contribution >= 0.6 is 11.3 Å². The number of rotatable bonds is 4. The van der Waals surface area contributed by atoms with E-state index in [4.69, 9.17) is 4.74 Å². The van der Waals surface area contributed by atoms with Crippen molar-refractivity contribution in [2.45, 2.75) is 12.6 Å². The van der Waals surface area contributed by atoms with Gasteiger partial charge in [0, 0.05) is 10.9 Å². The topological polar surface area (TPSA) is 73.1 Å². The fourth-order valence-electron chi connectivity index (χ4n) is 3.43. The van der Waals surface area contributed by atoms with Crippen LogP contribution in [0.25, 0.3) is 11.4 Å². The summed E-state index contributed by atoms with van der Waals surface area (Å²) in [5.74, 6) is 1.09. The highest BCUT2D eigenvalue weighted by molar-refractivity contribution is 7.08. The quantitative estimate of drug-likeness (QED) is 0.521. The van der Waals surface area contributed by atoms with Crippen LogP contribution in [0.1, 0.15) is 11.6 Å². The van der Waals surface area contributed by atoms with E-state index in [2.05, 4.69) is 15.4 Å². The number of thiophene rings is 1. The molecule has 0 saturated carbocycles. The maximum Gasteiger partial charge on any atom is 0.251 e. The number of aromatic nitrogens is 4. The third-order valence-electron chi connectivity index (χ3n) is 4.80. The Morgan fingerprint density at radius 1 is 1.10 bits per heavy atom. The minimum atomic E-state index is -0.224. The van der Waals surface area contributed by atoms with E-state index in [1.54, 1.807) is 16.2 Å². The molecule has 0 aliphatic carbocycles. The normalized spacial score (nSPS) is 15.6. The van der Waals surface area contributed by atoms with Crippen molar-refractivity contribution in [2.24, 2.45) is 0 Å². The first-order valence-corrected chi connectivity index (χ1v) is 10.1. The van der Waals surface area contributed by atoms with Crippen LogP contribution < -0.4 is 9.64 Å². The molecule has 1 aliphatic heterocycles. The van der Waals surface area contributed by atoms with Crippen molar-refractivity contribution >= 4 is 22.9 Å². The molecule has 0 N–H and O–H groups in total. The molecule has 144 valence electrons. The van der Waals surface area contributed by atoms with E-state index >= 15 is 0 Å². The number of para-hydroxylation sites is 2. The van der Waals surface area contributed by atoms with E-state index in [1.807, 2.05) is 71.4 Å². The van der Waals surface area contributed by atoms with Gasteiger partial charge in [-0.3, -0.25) is 9.69 Å². The van der Waals surface area contributed by atoms with Crippen molar-refractivity contribution in [3.05, 3.63) is 77.0 Å². The first-order chi connectivity index (χ1) is 14.3. The van der Waals surface area contributed by atoms with Gasteiger partial charge in [-0.2, -0.15) is 16.1 Å². The van der Waals surface area contributed by atoms with Gasteiger partial charge in [0.25, 0.3) is 5.91 Å². The number of hydrogen-bond acceptors (Lipinski definition) is 6. The number of anilines is 1. The van der Waals surface area contributed by atoms with Gasteiger partial charge in [-0.25, -0.2) is 0 Å². The summed E-state index contributed by atoms with van der Waals surface area (Å²) in [6.45, 7) is 0.381. The van der Waals surface area contributed by atoms with Crippen LogP contribution in [0.5, 0.6) is 5.75 Å². The van der Waals surface area contributed by atoms with Gasteiger partial charge in [0.05, 0.1) is 11.7 Å². The highest BCUT2D eigenvalue weighted by atomic mass is 32.1. The van der Waals surface area contributed by atoms with E-state index in [0.717, 1.165) is 16.8 Å². The molecule has 0 saturated heterocycles. The molecule has 1 aliphatic rings. The molecule has 0 radical (unpaired) electrons. The van der Waals surface area contributed by atoms with E-state index in [0.29, 0.717) is 18.2 Å². The zero-order chi connectivity index (χ0) is 19.6. The maximum absolute atomic E-state index is 13.4. The first-order valence-electron chi connectivity index (χ1n) is 9.19. The molecule has 1 amide bonds. The zero-order valence-corrected chi connectivity index (χ0v) is 16.2. The van der Waals surface area contributed by atoms with Crippen LogP contribution in [0.3, 0.4) is 0 Å². The molecule has 5 rings (SSSR count). The number of amides is 1. The lowest BCUT2D eigenvalue weighted by Gasteiger charge is -2.37. The lowest BCUT2D eigenvalue weighted by atomic mass is 10.0. The molecule has 1 unspecified atom stereocenters. The average Bonchev–Trinajstić information content (AvgIpc) is 3.45. The minimum Gasteiger partial charge on any atom is -0.489 e. The Morgan fingerprint density at radius 2 is 1.93 bits per heavy atom. The first kappa shape index (κ1) is 17.6. The summed E-state index contributed by atoms with van der Waals surface area (Å²) in [5, 5.41) is 16.4. The summed E-state index contributed by atoms with van der Waals surface area (Å²) >= 11 is 1.56. The second-order valence-electron chi connectivity index (χ2n) is 6.62. The number of nitrogens with zero attached hydrogens (tertiary/aromatic N) is 5. The second kappa shape index (κ2) is 7.48. The Balaban J connectivity index is 1.46. The van der Waals surface area contributed by atoms with Crippen LogP contribution in [0, 0.1) is 0 Å². The molecule has 0 bridgehead atoms. The summed E-state index contributed by atoms with van der Waals surface area (Å²) in [4.78, 5) is 16.5. The molecule has 0 fully saturated rings. The van der Waals surface area contributed by atoms with Gasteiger partial charge in [0.15, 0.2) is 0 Å². The third-order valence-corrected chi connectivity index (χ3v) is 5.48. The summed E-state index contributed by atoms with van der Waals surface area (Å²) in [5.41, 5.74) is 2.66. The van der Waals surface area contributed by atoms with Crippen molar-refractivity contribution < 1.29 is 9.53 Å². The van der Waals surface area contributed by atoms with Crippen LogP contribution in [-0.2, 0) is 11.3 Å². The van der Waals surface area contributed by atoms with Crippen molar-refractivity contribution in [3.63, 3.8) is 0 Å². The van der Waals surface area contributed by atoms with Gasteiger partial charge in [0.1, 0.15) is 18.9 Å². The molecule has 4 aromatic rings. The van der Waals surface area contributed by atoms with Gasteiger partial charge in [0.2, 0.25) is 5.82 Å². The van der Waals surface area contributed by atoms with E-state index < -0.39 is 0 Å². The number of fused-ring (bicyclic) bond motifs is 1. The monoisotopic (exact) mass is 403 g/mol. The molecule has 0 spiro atoms. The van der Waals surface area contributed by atoms with Gasteiger partial charge in [-0.1, -0.05) is 42.5 Å². The van der Waals surface area contributed by atoms with Crippen LogP contribution in [-0.4, -0.2) is 32.7 Å². The molecule has 7 nitrogen and oxygen atoms in total. The number of hydrogen-bond donors (Lipinski definition) is 0. The Kier molecular flexibility index (Phi) is 4.53. The Labute approximate surface area is 171 Å². The van der Waals surface area contributed by atoms with E-state index in [1.165, 1.54) is 4.80 Å². The Morgan fingerprint density at radius 3 is 2.76 bits per heavy atom. The number of carbonyl (C=O) groups is 1. The van der Waals surface area contributed by atoms with Crippen LogP contribution in [0.15, 0.2) is 71.4 Å². The van der Waals surface area contributed by atoms with E-state index in [9.17, 15) is 4.79 Å². The molecular formula is C21H17N5O2S. The Hall–Kier alpha value is -3.52. The Bertz CT molecular complexity index is 1130. The highest BCUT2D eigenvalue weighted by Gasteiger charge is 2.33. The fourth-order valence-corrected chi connectivity index (χ4v) is 4.07. The van der Waals surface area contributed by atoms with Gasteiger partial charge in [-0.15, -0.1) is 10.2 Å². The zero-order valence-electron chi connectivity index (χ0n) is 15.4. The number of benzene rings is 2. The van der Waals surface area contributed by atoms with Crippen LogP contribution in [0.2, 0.25) is 0 Å². The molecule has 2 aromatic heterocycles. The summed E-state index contributed by atoms with van der Waals surface area (Å²) < 4.78 is 5.93. The number of tetrazole rings is 1. The summed E-state index contributed by atoms with van der Waals surface area (Å²) in [6.07, 6.45) is 0. The smallest absolute Gasteiger partial charge is 0.251 e. The van der Waals surface area contributed by atoms with Gasteiger partial charge >= 0.3 is 0 Å². The van der Waals surface area contributed by atoms with E-state index in [-0.39, 0.29) is 18.5 Å². The molecule has 2 aromatic carbocycles. The number of carbonyl (C=O) groups excluding carboxylic acids is 1. The standard InChI is InChI=1S/C21H17N5O2S/c27-20(12-25-23-21(22-24-25)16-10-11-29-14-16)26-17-8-4-5-9-19(17)28-13-18(26)15-6-2-1-3-7-15/h1-11,14,18H,12-13H2. The molecule has 1 atom stereocenters. The summed E-state index contributed by atoms with van der Waals surface area (Å²) in [7, 11) is 0. The maximum atomic E-state index is 13.4. The lowest BCUT2D eigenvalue weighted by Crippen LogP contribution is -2.43. The molecule has 29 heavy (non-hydrogen) atoms. The molecule has 8 heteroatoms. The van der Waals surface area contributed by atoms with Crippen molar-refractivity contribution in [1.29, 1.82) is 0 Å².